The molecule has 4 aromatic heterocycles. The molecule has 0 spiro atoms. The first kappa shape index (κ1) is 23.4. The summed E-state index contributed by atoms with van der Waals surface area (Å²) < 4.78 is 28.1. The SMILES string of the molecule is O=S(=O)(c1ccccc1)n1cc(-c2nc(-c3cccc([C@]4(O)CCc5scnc54)c3)cs2)c2cccnc21. The van der Waals surface area contributed by atoms with E-state index in [1.807, 2.05) is 35.7 Å². The number of thiazole rings is 2. The van der Waals surface area contributed by atoms with E-state index < -0.39 is 15.6 Å². The third kappa shape index (κ3) is 3.56. The summed E-state index contributed by atoms with van der Waals surface area (Å²) in [6.45, 7) is 0. The lowest BCUT2D eigenvalue weighted by atomic mass is 9.90. The molecule has 1 aliphatic carbocycles. The van der Waals surface area contributed by atoms with E-state index in [1.165, 1.54) is 15.3 Å². The first-order valence-electron chi connectivity index (χ1n) is 11.9. The van der Waals surface area contributed by atoms with E-state index >= 15 is 0 Å². The molecule has 2 aromatic carbocycles. The van der Waals surface area contributed by atoms with Crippen LogP contribution in [0.25, 0.3) is 32.9 Å². The molecular formula is C28H20N4O3S3. The standard InChI is InChI=1S/C28H20N4O3S3/c33-28(12-11-24-25(28)30-17-37-24)19-7-4-6-18(14-19)23-16-36-27(31-23)22-15-32(26-21(22)10-5-13-29-26)38(34,35)20-8-2-1-3-9-20/h1-10,13-17,33H,11-12H2/t28-/m1/s1. The molecule has 6 aromatic rings. The average Bonchev–Trinajstić information content (AvgIpc) is 3.74. The maximum atomic E-state index is 13.5. The van der Waals surface area contributed by atoms with Crippen molar-refractivity contribution < 1.29 is 13.5 Å². The number of hydrogen-bond donors (Lipinski definition) is 1. The Morgan fingerprint density at radius 1 is 0.974 bits per heavy atom. The van der Waals surface area contributed by atoms with Crippen LogP contribution in [0.3, 0.4) is 0 Å². The number of pyridine rings is 1. The van der Waals surface area contributed by atoms with Gasteiger partial charge in [-0.05, 0) is 48.7 Å². The Labute approximate surface area is 226 Å². The predicted octanol–water partition coefficient (Wildman–Crippen LogP) is 5.70. The Balaban J connectivity index is 1.30. The first-order chi connectivity index (χ1) is 18.4. The van der Waals surface area contributed by atoms with Crippen molar-refractivity contribution >= 4 is 43.7 Å². The van der Waals surface area contributed by atoms with Crippen LogP contribution in [0, 0.1) is 0 Å². The Kier molecular flexibility index (Phi) is 5.34. The van der Waals surface area contributed by atoms with Crippen LogP contribution in [0.5, 0.6) is 0 Å². The highest BCUT2D eigenvalue weighted by Gasteiger charge is 2.41. The fraction of sp³-hybridized carbons (Fsp3) is 0.107. The number of hydrogen-bond acceptors (Lipinski definition) is 8. The molecule has 0 aliphatic heterocycles. The van der Waals surface area contributed by atoms with Gasteiger partial charge in [0.15, 0.2) is 5.65 Å². The topological polar surface area (TPSA) is 98.0 Å². The van der Waals surface area contributed by atoms with Gasteiger partial charge in [-0.25, -0.2) is 27.3 Å². The minimum absolute atomic E-state index is 0.193. The molecule has 0 amide bonds. The Morgan fingerprint density at radius 2 is 1.84 bits per heavy atom. The highest BCUT2D eigenvalue weighted by molar-refractivity contribution is 7.90. The fourth-order valence-electron chi connectivity index (χ4n) is 5.04. The Morgan fingerprint density at radius 3 is 2.71 bits per heavy atom. The second kappa shape index (κ2) is 8.67. The van der Waals surface area contributed by atoms with Gasteiger partial charge in [0.05, 0.1) is 21.8 Å². The number of benzene rings is 2. The quantitative estimate of drug-likeness (QED) is 0.292. The van der Waals surface area contributed by atoms with Crippen molar-refractivity contribution in [3.05, 3.63) is 106 Å². The normalized spacial score (nSPS) is 17.2. The number of aliphatic hydroxyl groups is 1. The van der Waals surface area contributed by atoms with Crippen molar-refractivity contribution in [2.75, 3.05) is 0 Å². The van der Waals surface area contributed by atoms with E-state index in [-0.39, 0.29) is 4.90 Å². The summed E-state index contributed by atoms with van der Waals surface area (Å²) >= 11 is 3.02. The largest absolute Gasteiger partial charge is 0.379 e. The van der Waals surface area contributed by atoms with Gasteiger partial charge in [0.1, 0.15) is 10.6 Å². The van der Waals surface area contributed by atoms with Gasteiger partial charge in [-0.15, -0.1) is 22.7 Å². The molecule has 4 heterocycles. The van der Waals surface area contributed by atoms with E-state index in [0.717, 1.165) is 33.8 Å². The summed E-state index contributed by atoms with van der Waals surface area (Å²) in [4.78, 5) is 15.0. The van der Waals surface area contributed by atoms with E-state index in [9.17, 15) is 13.5 Å². The molecule has 0 saturated heterocycles. The van der Waals surface area contributed by atoms with Crippen molar-refractivity contribution in [3.63, 3.8) is 0 Å². The highest BCUT2D eigenvalue weighted by Crippen LogP contribution is 2.44. The molecule has 7 rings (SSSR count). The lowest BCUT2D eigenvalue weighted by Gasteiger charge is -2.23. The molecular weight excluding hydrogens is 537 g/mol. The molecule has 1 atom stereocenters. The first-order valence-corrected chi connectivity index (χ1v) is 15.1. The second-order valence-corrected chi connectivity index (χ2v) is 12.7. The summed E-state index contributed by atoms with van der Waals surface area (Å²) in [5.74, 6) is 0. The molecule has 0 bridgehead atoms. The Bertz CT molecular complexity index is 1930. The minimum Gasteiger partial charge on any atom is -0.379 e. The zero-order valence-electron chi connectivity index (χ0n) is 19.9. The van der Waals surface area contributed by atoms with E-state index in [4.69, 9.17) is 4.98 Å². The zero-order valence-corrected chi connectivity index (χ0v) is 22.3. The van der Waals surface area contributed by atoms with Gasteiger partial charge in [0.25, 0.3) is 10.0 Å². The maximum absolute atomic E-state index is 13.5. The van der Waals surface area contributed by atoms with Gasteiger partial charge < -0.3 is 5.11 Å². The number of aromatic nitrogens is 4. The number of aryl methyl sites for hydroxylation is 1. The average molecular weight is 557 g/mol. The number of rotatable bonds is 5. The molecule has 38 heavy (non-hydrogen) atoms. The van der Waals surface area contributed by atoms with Crippen molar-refractivity contribution in [2.45, 2.75) is 23.3 Å². The summed E-state index contributed by atoms with van der Waals surface area (Å²) in [7, 11) is -3.84. The van der Waals surface area contributed by atoms with E-state index in [0.29, 0.717) is 28.0 Å². The molecule has 1 N–H and O–H groups in total. The summed E-state index contributed by atoms with van der Waals surface area (Å²) in [6.07, 6.45) is 4.61. The Hall–Kier alpha value is -3.70. The molecule has 0 fully saturated rings. The van der Waals surface area contributed by atoms with Crippen LogP contribution >= 0.6 is 22.7 Å². The van der Waals surface area contributed by atoms with Gasteiger partial charge in [-0.1, -0.05) is 36.4 Å². The second-order valence-electron chi connectivity index (χ2n) is 9.13. The summed E-state index contributed by atoms with van der Waals surface area (Å²) in [6, 6.07) is 19.8. The van der Waals surface area contributed by atoms with Gasteiger partial charge in [0, 0.05) is 39.2 Å². The van der Waals surface area contributed by atoms with Gasteiger partial charge in [-0.2, -0.15) is 0 Å². The predicted molar refractivity (Wildman–Crippen MR) is 149 cm³/mol. The number of fused-ring (bicyclic) bond motifs is 2. The van der Waals surface area contributed by atoms with Crippen molar-refractivity contribution in [1.82, 2.24) is 18.9 Å². The lowest BCUT2D eigenvalue weighted by Crippen LogP contribution is -2.24. The number of nitrogens with zero attached hydrogens (tertiary/aromatic N) is 4. The van der Waals surface area contributed by atoms with Crippen LogP contribution in [0.1, 0.15) is 22.6 Å². The molecule has 188 valence electrons. The third-order valence-corrected chi connectivity index (χ3v) is 10.4. The van der Waals surface area contributed by atoms with Crippen LogP contribution in [0.2, 0.25) is 0 Å². The summed E-state index contributed by atoms with van der Waals surface area (Å²) in [5.41, 5.74) is 4.91. The van der Waals surface area contributed by atoms with Gasteiger partial charge >= 0.3 is 0 Å². The van der Waals surface area contributed by atoms with Gasteiger partial charge in [-0.3, -0.25) is 0 Å². The molecule has 7 nitrogen and oxygen atoms in total. The van der Waals surface area contributed by atoms with Crippen LogP contribution < -0.4 is 0 Å². The molecule has 0 radical (unpaired) electrons. The van der Waals surface area contributed by atoms with Crippen LogP contribution in [-0.4, -0.2) is 32.4 Å². The van der Waals surface area contributed by atoms with E-state index in [1.54, 1.807) is 65.6 Å². The molecule has 0 saturated carbocycles. The fourth-order valence-corrected chi connectivity index (χ4v) is 8.07. The van der Waals surface area contributed by atoms with Crippen molar-refractivity contribution in [1.29, 1.82) is 0 Å². The monoisotopic (exact) mass is 556 g/mol. The highest BCUT2D eigenvalue weighted by atomic mass is 32.2. The zero-order chi connectivity index (χ0) is 25.9. The third-order valence-electron chi connectivity index (χ3n) is 6.95. The lowest BCUT2D eigenvalue weighted by molar-refractivity contribution is 0.0790. The smallest absolute Gasteiger partial charge is 0.269 e. The minimum atomic E-state index is -3.84. The molecule has 0 unspecified atom stereocenters. The van der Waals surface area contributed by atoms with Gasteiger partial charge in [0.2, 0.25) is 0 Å². The van der Waals surface area contributed by atoms with E-state index in [2.05, 4.69) is 9.97 Å². The summed E-state index contributed by atoms with van der Waals surface area (Å²) in [5, 5.41) is 14.9. The molecule has 1 aliphatic rings. The van der Waals surface area contributed by atoms with Crippen molar-refractivity contribution in [3.8, 4) is 21.8 Å². The van der Waals surface area contributed by atoms with Crippen molar-refractivity contribution in [2.24, 2.45) is 0 Å². The van der Waals surface area contributed by atoms with Crippen LogP contribution in [-0.2, 0) is 22.0 Å². The van der Waals surface area contributed by atoms with Crippen LogP contribution in [0.4, 0.5) is 0 Å². The van der Waals surface area contributed by atoms with Crippen LogP contribution in [0.15, 0.2) is 94.9 Å². The maximum Gasteiger partial charge on any atom is 0.269 e. The molecule has 10 heteroatoms.